The average molecular weight is 314 g/mol. The molecule has 0 unspecified atom stereocenters. The third-order valence-electron chi connectivity index (χ3n) is 3.89. The molecule has 0 atom stereocenters. The molecule has 0 bridgehead atoms. The van der Waals surface area contributed by atoms with Crippen molar-refractivity contribution in [2.45, 2.75) is 40.0 Å². The summed E-state index contributed by atoms with van der Waals surface area (Å²) in [6.45, 7) is 10.9. The van der Waals surface area contributed by atoms with E-state index >= 15 is 0 Å². The maximum Gasteiger partial charge on any atom is 0.115 e. The van der Waals surface area contributed by atoms with Crippen molar-refractivity contribution in [2.24, 2.45) is 0 Å². The van der Waals surface area contributed by atoms with Crippen LogP contribution in [-0.2, 0) is 5.41 Å². The molecule has 0 saturated heterocycles. The van der Waals surface area contributed by atoms with Gasteiger partial charge in [-0.15, -0.1) is 10.2 Å². The molecule has 0 aliphatic heterocycles. The molecule has 3 aromatic rings. The number of hydrogen-bond acceptors (Lipinski definition) is 2. The van der Waals surface area contributed by atoms with Gasteiger partial charge in [0.25, 0.3) is 0 Å². The molecular weight excluding hydrogens is 294 g/mol. The Labute approximate surface area is 135 Å². The van der Waals surface area contributed by atoms with E-state index < -0.39 is 0 Å². The summed E-state index contributed by atoms with van der Waals surface area (Å²) in [4.78, 5) is 1.72. The normalized spacial score (nSPS) is 12.1. The Hall–Kier alpha value is -1.87. The maximum absolute atomic E-state index is 6.04. The second-order valence-electron chi connectivity index (χ2n) is 6.83. The zero-order valence-corrected chi connectivity index (χ0v) is 14.4. The van der Waals surface area contributed by atoms with Gasteiger partial charge in [0, 0.05) is 5.02 Å². The van der Waals surface area contributed by atoms with E-state index in [0.29, 0.717) is 5.02 Å². The molecule has 3 rings (SSSR count). The average Bonchev–Trinajstić information content (AvgIpc) is 2.82. The smallest absolute Gasteiger partial charge is 0.115 e. The molecule has 4 heteroatoms. The van der Waals surface area contributed by atoms with Crippen LogP contribution in [0.1, 0.15) is 37.5 Å². The van der Waals surface area contributed by atoms with Gasteiger partial charge in [0.1, 0.15) is 11.0 Å². The Morgan fingerprint density at radius 1 is 0.955 bits per heavy atom. The van der Waals surface area contributed by atoms with Crippen molar-refractivity contribution in [2.75, 3.05) is 0 Å². The van der Waals surface area contributed by atoms with Crippen molar-refractivity contribution in [1.29, 1.82) is 0 Å². The molecule has 0 aliphatic rings. The van der Waals surface area contributed by atoms with Crippen molar-refractivity contribution in [3.8, 4) is 5.69 Å². The topological polar surface area (TPSA) is 30.7 Å². The van der Waals surface area contributed by atoms with Crippen LogP contribution in [-0.4, -0.2) is 15.0 Å². The third-order valence-corrected chi connectivity index (χ3v) is 4.13. The molecule has 3 nitrogen and oxygen atoms in total. The van der Waals surface area contributed by atoms with Gasteiger partial charge in [-0.3, -0.25) is 0 Å². The lowest BCUT2D eigenvalue weighted by atomic mass is 9.82. The minimum atomic E-state index is 0.0841. The maximum atomic E-state index is 6.04. The number of aryl methyl sites for hydroxylation is 1. The Bertz CT molecular complexity index is 857. The minimum absolute atomic E-state index is 0.0841. The lowest BCUT2D eigenvalue weighted by molar-refractivity contribution is 0.583. The van der Waals surface area contributed by atoms with Crippen LogP contribution in [0.4, 0.5) is 0 Å². The largest absolute Gasteiger partial charge is 0.150 e. The van der Waals surface area contributed by atoms with Crippen molar-refractivity contribution in [3.63, 3.8) is 0 Å². The Morgan fingerprint density at radius 3 is 2.32 bits per heavy atom. The molecule has 1 heterocycles. The van der Waals surface area contributed by atoms with Crippen LogP contribution in [0.25, 0.3) is 16.7 Å². The van der Waals surface area contributed by atoms with E-state index in [1.807, 2.05) is 18.2 Å². The number of hydrogen-bond donors (Lipinski definition) is 0. The third kappa shape index (κ3) is 2.61. The van der Waals surface area contributed by atoms with Crippen molar-refractivity contribution in [1.82, 2.24) is 15.0 Å². The SMILES string of the molecule is Cc1cc(-n2nc3ccc(Cl)cc3n2)c(C)c(C(C)(C)C)c1. The highest BCUT2D eigenvalue weighted by Gasteiger charge is 2.20. The Kier molecular flexibility index (Phi) is 3.48. The summed E-state index contributed by atoms with van der Waals surface area (Å²) in [7, 11) is 0. The van der Waals surface area contributed by atoms with Gasteiger partial charge in [0.2, 0.25) is 0 Å². The quantitative estimate of drug-likeness (QED) is 0.633. The zero-order valence-electron chi connectivity index (χ0n) is 13.6. The molecule has 0 fully saturated rings. The van der Waals surface area contributed by atoms with Gasteiger partial charge in [-0.1, -0.05) is 38.4 Å². The monoisotopic (exact) mass is 313 g/mol. The van der Waals surface area contributed by atoms with E-state index in [-0.39, 0.29) is 5.41 Å². The molecule has 0 spiro atoms. The fraction of sp³-hybridized carbons (Fsp3) is 0.333. The molecule has 22 heavy (non-hydrogen) atoms. The molecule has 2 aromatic carbocycles. The highest BCUT2D eigenvalue weighted by Crippen LogP contribution is 2.30. The molecule has 1 aromatic heterocycles. The second kappa shape index (κ2) is 5.10. The van der Waals surface area contributed by atoms with Gasteiger partial charge in [-0.2, -0.15) is 4.80 Å². The summed E-state index contributed by atoms with van der Waals surface area (Å²) >= 11 is 6.04. The number of benzene rings is 2. The van der Waals surface area contributed by atoms with Crippen LogP contribution in [0, 0.1) is 13.8 Å². The first-order chi connectivity index (χ1) is 10.3. The van der Waals surface area contributed by atoms with Gasteiger partial charge in [-0.25, -0.2) is 0 Å². The molecule has 0 aliphatic carbocycles. The van der Waals surface area contributed by atoms with Gasteiger partial charge in [0.05, 0.1) is 5.69 Å². The summed E-state index contributed by atoms with van der Waals surface area (Å²) in [6, 6.07) is 9.96. The Balaban J connectivity index is 2.24. The zero-order chi connectivity index (χ0) is 16.1. The number of halogens is 1. The summed E-state index contributed by atoms with van der Waals surface area (Å²) < 4.78 is 0. The van der Waals surface area contributed by atoms with Crippen LogP contribution in [0.3, 0.4) is 0 Å². The molecule has 114 valence electrons. The number of aromatic nitrogens is 3. The van der Waals surface area contributed by atoms with Crippen LogP contribution >= 0.6 is 11.6 Å². The standard InChI is InChI=1S/C18H20ClN3/c1-11-8-14(18(3,4)5)12(2)17(9-11)22-20-15-7-6-13(19)10-16(15)21-22/h6-10H,1-5H3. The van der Waals surface area contributed by atoms with Crippen LogP contribution in [0.5, 0.6) is 0 Å². The van der Waals surface area contributed by atoms with Gasteiger partial charge in [-0.05, 0) is 60.2 Å². The molecule has 0 amide bonds. The highest BCUT2D eigenvalue weighted by molar-refractivity contribution is 6.31. The van der Waals surface area contributed by atoms with Crippen LogP contribution < -0.4 is 0 Å². The van der Waals surface area contributed by atoms with Gasteiger partial charge >= 0.3 is 0 Å². The van der Waals surface area contributed by atoms with Crippen molar-refractivity contribution < 1.29 is 0 Å². The molecular formula is C18H20ClN3. The van der Waals surface area contributed by atoms with Gasteiger partial charge < -0.3 is 0 Å². The summed E-state index contributed by atoms with van der Waals surface area (Å²) in [5.41, 5.74) is 6.52. The van der Waals surface area contributed by atoms with Crippen molar-refractivity contribution >= 4 is 22.6 Å². The minimum Gasteiger partial charge on any atom is -0.150 e. The number of rotatable bonds is 1. The van der Waals surface area contributed by atoms with E-state index in [1.165, 1.54) is 16.7 Å². The van der Waals surface area contributed by atoms with Gasteiger partial charge in [0.15, 0.2) is 0 Å². The Morgan fingerprint density at radius 2 is 1.64 bits per heavy atom. The molecule has 0 saturated carbocycles. The first-order valence-electron chi connectivity index (χ1n) is 7.40. The number of fused-ring (bicyclic) bond motifs is 1. The van der Waals surface area contributed by atoms with Crippen LogP contribution in [0.15, 0.2) is 30.3 Å². The first-order valence-corrected chi connectivity index (χ1v) is 7.78. The molecule has 0 radical (unpaired) electrons. The predicted molar refractivity (Wildman–Crippen MR) is 92.0 cm³/mol. The van der Waals surface area contributed by atoms with E-state index in [0.717, 1.165) is 16.7 Å². The van der Waals surface area contributed by atoms with Crippen molar-refractivity contribution in [3.05, 3.63) is 52.0 Å². The fourth-order valence-corrected chi connectivity index (χ4v) is 2.99. The fourth-order valence-electron chi connectivity index (χ4n) is 2.82. The second-order valence-corrected chi connectivity index (χ2v) is 7.27. The lowest BCUT2D eigenvalue weighted by Crippen LogP contribution is -2.15. The lowest BCUT2D eigenvalue weighted by Gasteiger charge is -2.24. The summed E-state index contributed by atoms with van der Waals surface area (Å²) in [6.07, 6.45) is 0. The first kappa shape index (κ1) is 15.0. The molecule has 0 N–H and O–H groups in total. The highest BCUT2D eigenvalue weighted by atomic mass is 35.5. The summed E-state index contributed by atoms with van der Waals surface area (Å²) in [5.74, 6) is 0. The summed E-state index contributed by atoms with van der Waals surface area (Å²) in [5, 5.41) is 9.86. The van der Waals surface area contributed by atoms with E-state index in [1.54, 1.807) is 4.80 Å². The van der Waals surface area contributed by atoms with Crippen LogP contribution in [0.2, 0.25) is 5.02 Å². The predicted octanol–water partition coefficient (Wildman–Crippen LogP) is 4.99. The number of nitrogens with zero attached hydrogens (tertiary/aromatic N) is 3. The van der Waals surface area contributed by atoms with E-state index in [4.69, 9.17) is 11.6 Å². The van der Waals surface area contributed by atoms with E-state index in [9.17, 15) is 0 Å². The van der Waals surface area contributed by atoms with E-state index in [2.05, 4.69) is 56.9 Å².